The normalized spacial score (nSPS) is 10.0. The van der Waals surface area contributed by atoms with Gasteiger partial charge >= 0.3 is 6.03 Å². The van der Waals surface area contributed by atoms with Gasteiger partial charge < -0.3 is 29.6 Å². The van der Waals surface area contributed by atoms with Gasteiger partial charge in [0.05, 0.1) is 27.4 Å². The van der Waals surface area contributed by atoms with Crippen LogP contribution in [0.1, 0.15) is 13.8 Å². The number of anilines is 2. The number of benzene rings is 2. The molecule has 0 radical (unpaired) electrons. The second-order valence-corrected chi connectivity index (χ2v) is 5.14. The van der Waals surface area contributed by atoms with Crippen molar-refractivity contribution in [2.24, 2.45) is 0 Å². The minimum Gasteiger partial charge on any atom is -0.494 e. The van der Waals surface area contributed by atoms with Crippen LogP contribution in [0.3, 0.4) is 0 Å². The highest BCUT2D eigenvalue weighted by Gasteiger charge is 2.14. The predicted octanol–water partition coefficient (Wildman–Crippen LogP) is 4.15. The lowest BCUT2D eigenvalue weighted by atomic mass is 10.2. The zero-order valence-corrected chi connectivity index (χ0v) is 15.4. The molecule has 0 heterocycles. The molecule has 0 spiro atoms. The highest BCUT2D eigenvalue weighted by Crippen LogP contribution is 2.34. The summed E-state index contributed by atoms with van der Waals surface area (Å²) in [6.45, 7) is 4.81. The van der Waals surface area contributed by atoms with Gasteiger partial charge in [-0.05, 0) is 38.1 Å². The van der Waals surface area contributed by atoms with Crippen molar-refractivity contribution in [2.75, 3.05) is 38.1 Å². The first-order chi connectivity index (χ1) is 12.6. The number of carbonyl (C=O) groups excluding carboxylic acids is 1. The Balaban J connectivity index is 2.17. The minimum atomic E-state index is -0.431. The molecular formula is C19H24N2O5. The van der Waals surface area contributed by atoms with Crippen molar-refractivity contribution in [1.82, 2.24) is 0 Å². The van der Waals surface area contributed by atoms with Crippen LogP contribution in [-0.2, 0) is 0 Å². The first kappa shape index (κ1) is 19.2. The molecule has 0 aliphatic carbocycles. The Morgan fingerprint density at radius 2 is 1.46 bits per heavy atom. The van der Waals surface area contributed by atoms with Gasteiger partial charge in [-0.2, -0.15) is 0 Å². The largest absolute Gasteiger partial charge is 0.494 e. The zero-order chi connectivity index (χ0) is 18.9. The maximum atomic E-state index is 12.4. The summed E-state index contributed by atoms with van der Waals surface area (Å²) in [5.41, 5.74) is 1.02. The summed E-state index contributed by atoms with van der Waals surface area (Å²) >= 11 is 0. The molecule has 2 N–H and O–H groups in total. The van der Waals surface area contributed by atoms with Crippen molar-refractivity contribution in [3.05, 3.63) is 36.4 Å². The summed E-state index contributed by atoms with van der Waals surface area (Å²) in [7, 11) is 3.05. The van der Waals surface area contributed by atoms with Crippen LogP contribution in [0.15, 0.2) is 36.4 Å². The highest BCUT2D eigenvalue weighted by atomic mass is 16.5. The third kappa shape index (κ3) is 4.72. The molecule has 2 aromatic rings. The van der Waals surface area contributed by atoms with Crippen molar-refractivity contribution in [1.29, 1.82) is 0 Å². The Bertz CT molecular complexity index is 726. The minimum absolute atomic E-state index is 0.431. The smallest absolute Gasteiger partial charge is 0.323 e. The molecule has 140 valence electrons. The zero-order valence-electron chi connectivity index (χ0n) is 15.4. The number of nitrogens with one attached hydrogen (secondary N) is 2. The predicted molar refractivity (Wildman–Crippen MR) is 101 cm³/mol. The van der Waals surface area contributed by atoms with E-state index in [1.54, 1.807) is 36.4 Å². The first-order valence-electron chi connectivity index (χ1n) is 8.31. The highest BCUT2D eigenvalue weighted by molar-refractivity contribution is 6.02. The number of ether oxygens (including phenoxy) is 4. The molecule has 0 fully saturated rings. The summed E-state index contributed by atoms with van der Waals surface area (Å²) in [6, 6.07) is 10.0. The van der Waals surface area contributed by atoms with Crippen LogP contribution in [-0.4, -0.2) is 33.5 Å². The topological polar surface area (TPSA) is 78.1 Å². The van der Waals surface area contributed by atoms with E-state index in [0.717, 1.165) is 0 Å². The van der Waals surface area contributed by atoms with Gasteiger partial charge in [-0.1, -0.05) is 6.07 Å². The summed E-state index contributed by atoms with van der Waals surface area (Å²) in [6.07, 6.45) is 0. The number of hydrogen-bond donors (Lipinski definition) is 2. The van der Waals surface area contributed by atoms with E-state index >= 15 is 0 Å². The number of rotatable bonds is 8. The van der Waals surface area contributed by atoms with Gasteiger partial charge in [0, 0.05) is 11.8 Å². The van der Waals surface area contributed by atoms with Crippen LogP contribution >= 0.6 is 0 Å². The van der Waals surface area contributed by atoms with Crippen LogP contribution in [0.4, 0.5) is 16.2 Å². The SMILES string of the molecule is CCOc1ccc(NC(=O)Nc2c(OC)cccc2OC)cc1OCC. The van der Waals surface area contributed by atoms with E-state index in [0.29, 0.717) is 47.6 Å². The van der Waals surface area contributed by atoms with E-state index in [1.807, 2.05) is 13.8 Å². The lowest BCUT2D eigenvalue weighted by molar-refractivity contribution is 0.261. The van der Waals surface area contributed by atoms with Crippen molar-refractivity contribution in [3.63, 3.8) is 0 Å². The van der Waals surface area contributed by atoms with Crippen molar-refractivity contribution >= 4 is 17.4 Å². The van der Waals surface area contributed by atoms with Gasteiger partial charge in [0.25, 0.3) is 0 Å². The van der Waals surface area contributed by atoms with E-state index in [9.17, 15) is 4.79 Å². The van der Waals surface area contributed by atoms with Crippen molar-refractivity contribution in [3.8, 4) is 23.0 Å². The van der Waals surface area contributed by atoms with Gasteiger partial charge in [0.2, 0.25) is 0 Å². The molecule has 2 rings (SSSR count). The van der Waals surface area contributed by atoms with E-state index in [4.69, 9.17) is 18.9 Å². The molecule has 2 aromatic carbocycles. The van der Waals surface area contributed by atoms with Crippen LogP contribution in [0, 0.1) is 0 Å². The second kappa shape index (κ2) is 9.41. The quantitative estimate of drug-likeness (QED) is 0.739. The molecule has 0 bridgehead atoms. The van der Waals surface area contributed by atoms with Gasteiger partial charge in [0.1, 0.15) is 17.2 Å². The molecule has 26 heavy (non-hydrogen) atoms. The number of methoxy groups -OCH3 is 2. The van der Waals surface area contributed by atoms with Crippen LogP contribution in [0.2, 0.25) is 0 Å². The fraction of sp³-hybridized carbons (Fsp3) is 0.316. The Morgan fingerprint density at radius 1 is 0.846 bits per heavy atom. The van der Waals surface area contributed by atoms with E-state index in [2.05, 4.69) is 10.6 Å². The molecule has 7 nitrogen and oxygen atoms in total. The molecule has 0 saturated heterocycles. The van der Waals surface area contributed by atoms with Crippen LogP contribution in [0.5, 0.6) is 23.0 Å². The van der Waals surface area contributed by atoms with Crippen LogP contribution in [0.25, 0.3) is 0 Å². The lowest BCUT2D eigenvalue weighted by Crippen LogP contribution is -2.20. The molecule has 0 atom stereocenters. The van der Waals surface area contributed by atoms with E-state index in [1.165, 1.54) is 14.2 Å². The average molecular weight is 360 g/mol. The standard InChI is InChI=1S/C19H24N2O5/c1-5-25-14-11-10-13(12-17(14)26-6-2)20-19(22)21-18-15(23-3)8-7-9-16(18)24-4/h7-12H,5-6H2,1-4H3,(H2,20,21,22). The Morgan fingerprint density at radius 3 is 2.04 bits per heavy atom. The van der Waals surface area contributed by atoms with Gasteiger partial charge in [-0.25, -0.2) is 4.79 Å². The van der Waals surface area contributed by atoms with Crippen molar-refractivity contribution in [2.45, 2.75) is 13.8 Å². The Kier molecular flexibility index (Phi) is 6.96. The molecular weight excluding hydrogens is 336 g/mol. The number of hydrogen-bond acceptors (Lipinski definition) is 5. The number of para-hydroxylation sites is 1. The molecule has 7 heteroatoms. The Hall–Kier alpha value is -3.09. The summed E-state index contributed by atoms with van der Waals surface area (Å²) in [5, 5.41) is 5.51. The lowest BCUT2D eigenvalue weighted by Gasteiger charge is -2.15. The summed E-state index contributed by atoms with van der Waals surface area (Å²) < 4.78 is 21.6. The van der Waals surface area contributed by atoms with E-state index < -0.39 is 6.03 Å². The summed E-state index contributed by atoms with van der Waals surface area (Å²) in [5.74, 6) is 2.20. The molecule has 0 saturated carbocycles. The van der Waals surface area contributed by atoms with Gasteiger partial charge in [0.15, 0.2) is 11.5 Å². The van der Waals surface area contributed by atoms with Gasteiger partial charge in [-0.3, -0.25) is 0 Å². The van der Waals surface area contributed by atoms with E-state index in [-0.39, 0.29) is 0 Å². The molecule has 0 aromatic heterocycles. The third-order valence-electron chi connectivity index (χ3n) is 3.47. The second-order valence-electron chi connectivity index (χ2n) is 5.14. The monoisotopic (exact) mass is 360 g/mol. The van der Waals surface area contributed by atoms with Crippen LogP contribution < -0.4 is 29.6 Å². The molecule has 0 unspecified atom stereocenters. The average Bonchev–Trinajstić information content (AvgIpc) is 2.64. The number of amides is 2. The molecule has 0 aliphatic rings. The number of urea groups is 1. The van der Waals surface area contributed by atoms with Gasteiger partial charge in [-0.15, -0.1) is 0 Å². The number of carbonyl (C=O) groups is 1. The third-order valence-corrected chi connectivity index (χ3v) is 3.47. The summed E-state index contributed by atoms with van der Waals surface area (Å²) in [4.78, 5) is 12.4. The van der Waals surface area contributed by atoms with Crippen molar-refractivity contribution < 1.29 is 23.7 Å². The molecule has 0 aliphatic heterocycles. The maximum Gasteiger partial charge on any atom is 0.323 e. The first-order valence-corrected chi connectivity index (χ1v) is 8.31. The molecule has 2 amide bonds. The Labute approximate surface area is 153 Å². The fourth-order valence-electron chi connectivity index (χ4n) is 2.38. The fourth-order valence-corrected chi connectivity index (χ4v) is 2.38. The maximum absolute atomic E-state index is 12.4.